The number of ether oxygens (including phenoxy) is 1. The third-order valence-corrected chi connectivity index (χ3v) is 3.19. The Balaban J connectivity index is 2.81. The van der Waals surface area contributed by atoms with Gasteiger partial charge in [-0.15, -0.1) is 0 Å². The van der Waals surface area contributed by atoms with Crippen molar-refractivity contribution in [2.75, 3.05) is 13.7 Å². The predicted octanol–water partition coefficient (Wildman–Crippen LogP) is 1.90. The Morgan fingerprint density at radius 1 is 1.39 bits per heavy atom. The predicted molar refractivity (Wildman–Crippen MR) is 70.4 cm³/mol. The van der Waals surface area contributed by atoms with E-state index in [0.717, 1.165) is 5.56 Å². The van der Waals surface area contributed by atoms with Crippen molar-refractivity contribution in [3.8, 4) is 0 Å². The lowest BCUT2D eigenvalue weighted by molar-refractivity contribution is -0.150. The second-order valence-electron chi connectivity index (χ2n) is 4.70. The Morgan fingerprint density at radius 3 is 2.44 bits per heavy atom. The average Bonchev–Trinajstić information content (AvgIpc) is 2.35. The van der Waals surface area contributed by atoms with E-state index >= 15 is 0 Å². The summed E-state index contributed by atoms with van der Waals surface area (Å²) in [6, 6.07) is 9.74. The van der Waals surface area contributed by atoms with Crippen LogP contribution in [0.2, 0.25) is 0 Å². The molecule has 0 aliphatic carbocycles. The van der Waals surface area contributed by atoms with Gasteiger partial charge in [-0.1, -0.05) is 44.2 Å². The van der Waals surface area contributed by atoms with Gasteiger partial charge in [-0.25, -0.2) is 0 Å². The van der Waals surface area contributed by atoms with E-state index in [1.54, 1.807) is 0 Å². The molecule has 2 N–H and O–H groups in total. The second-order valence-corrected chi connectivity index (χ2v) is 4.70. The maximum atomic E-state index is 11.5. The van der Waals surface area contributed by atoms with Crippen molar-refractivity contribution < 1.29 is 14.6 Å². The van der Waals surface area contributed by atoms with Gasteiger partial charge in [0.2, 0.25) is 0 Å². The summed E-state index contributed by atoms with van der Waals surface area (Å²) in [5.74, 6) is -0.950. The fraction of sp³-hybridized carbons (Fsp3) is 0.500. The molecule has 0 spiro atoms. The van der Waals surface area contributed by atoms with Gasteiger partial charge in [0.25, 0.3) is 0 Å². The number of methoxy groups -OCH3 is 1. The number of carboxylic acid groups (broad SMARTS) is 1. The molecule has 0 heterocycles. The monoisotopic (exact) mass is 251 g/mol. The van der Waals surface area contributed by atoms with E-state index in [1.807, 2.05) is 44.2 Å². The maximum absolute atomic E-state index is 11.5. The number of aliphatic carboxylic acids is 1. The maximum Gasteiger partial charge on any atom is 0.326 e. The SMILES string of the molecule is COCC(NCc1ccccc1)(C(=O)O)C(C)C. The molecule has 1 atom stereocenters. The molecule has 0 aromatic heterocycles. The molecule has 0 bridgehead atoms. The Hall–Kier alpha value is -1.39. The Kier molecular flexibility index (Phi) is 5.31. The van der Waals surface area contributed by atoms with E-state index in [2.05, 4.69) is 5.32 Å². The van der Waals surface area contributed by atoms with Crippen LogP contribution in [-0.4, -0.2) is 30.3 Å². The van der Waals surface area contributed by atoms with E-state index in [0.29, 0.717) is 6.54 Å². The highest BCUT2D eigenvalue weighted by molar-refractivity contribution is 5.79. The van der Waals surface area contributed by atoms with Gasteiger partial charge in [0, 0.05) is 13.7 Å². The molecule has 4 nitrogen and oxygen atoms in total. The first kappa shape index (κ1) is 14.7. The number of hydrogen-bond donors (Lipinski definition) is 2. The topological polar surface area (TPSA) is 58.6 Å². The summed E-state index contributed by atoms with van der Waals surface area (Å²) in [6.07, 6.45) is 0. The summed E-state index contributed by atoms with van der Waals surface area (Å²) in [6.45, 7) is 4.41. The van der Waals surface area contributed by atoms with Crippen LogP contribution in [-0.2, 0) is 16.1 Å². The molecule has 0 radical (unpaired) electrons. The quantitative estimate of drug-likeness (QED) is 0.777. The van der Waals surface area contributed by atoms with Crippen LogP contribution < -0.4 is 5.32 Å². The number of hydrogen-bond acceptors (Lipinski definition) is 3. The Labute approximate surface area is 108 Å². The molecule has 0 aliphatic rings. The van der Waals surface area contributed by atoms with E-state index < -0.39 is 11.5 Å². The summed E-state index contributed by atoms with van der Waals surface area (Å²) in [7, 11) is 1.52. The van der Waals surface area contributed by atoms with Gasteiger partial charge in [-0.05, 0) is 11.5 Å². The van der Waals surface area contributed by atoms with E-state index in [9.17, 15) is 9.90 Å². The fourth-order valence-electron chi connectivity index (χ4n) is 1.89. The van der Waals surface area contributed by atoms with Crippen molar-refractivity contribution in [3.05, 3.63) is 35.9 Å². The van der Waals surface area contributed by atoms with Crippen molar-refractivity contribution in [2.24, 2.45) is 5.92 Å². The summed E-state index contributed by atoms with van der Waals surface area (Å²) < 4.78 is 5.08. The van der Waals surface area contributed by atoms with Crippen LogP contribution in [0.4, 0.5) is 0 Å². The minimum atomic E-state index is -1.05. The normalized spacial score (nSPS) is 14.4. The third kappa shape index (κ3) is 3.31. The highest BCUT2D eigenvalue weighted by atomic mass is 16.5. The average molecular weight is 251 g/mol. The van der Waals surface area contributed by atoms with Crippen LogP contribution >= 0.6 is 0 Å². The molecule has 1 aromatic carbocycles. The van der Waals surface area contributed by atoms with Crippen LogP contribution in [0.15, 0.2) is 30.3 Å². The molecular weight excluding hydrogens is 230 g/mol. The second kappa shape index (κ2) is 6.52. The molecule has 0 aliphatic heterocycles. The molecule has 1 rings (SSSR count). The molecule has 4 heteroatoms. The molecule has 0 saturated heterocycles. The summed E-state index contributed by atoms with van der Waals surface area (Å²) >= 11 is 0. The lowest BCUT2D eigenvalue weighted by Crippen LogP contribution is -2.58. The van der Waals surface area contributed by atoms with Crippen molar-refractivity contribution in [1.29, 1.82) is 0 Å². The molecule has 18 heavy (non-hydrogen) atoms. The number of nitrogens with one attached hydrogen (secondary N) is 1. The van der Waals surface area contributed by atoms with Gasteiger partial charge in [-0.2, -0.15) is 0 Å². The number of benzene rings is 1. The van der Waals surface area contributed by atoms with E-state index in [-0.39, 0.29) is 12.5 Å². The zero-order valence-electron chi connectivity index (χ0n) is 11.1. The van der Waals surface area contributed by atoms with Crippen molar-refractivity contribution in [2.45, 2.75) is 25.9 Å². The van der Waals surface area contributed by atoms with Crippen molar-refractivity contribution in [1.82, 2.24) is 5.32 Å². The van der Waals surface area contributed by atoms with Crippen molar-refractivity contribution in [3.63, 3.8) is 0 Å². The zero-order valence-corrected chi connectivity index (χ0v) is 11.1. The number of carbonyl (C=O) groups is 1. The van der Waals surface area contributed by atoms with Crippen LogP contribution in [0.25, 0.3) is 0 Å². The van der Waals surface area contributed by atoms with Crippen LogP contribution in [0, 0.1) is 5.92 Å². The standard InChI is InChI=1S/C14H21NO3/c1-11(2)14(10-18-3,13(16)17)15-9-12-7-5-4-6-8-12/h4-8,11,15H,9-10H2,1-3H3,(H,16,17). The molecule has 1 unspecified atom stereocenters. The minimum absolute atomic E-state index is 0.0707. The zero-order chi connectivity index (χ0) is 13.6. The van der Waals surface area contributed by atoms with Gasteiger partial charge in [0.05, 0.1) is 6.61 Å². The molecular formula is C14H21NO3. The minimum Gasteiger partial charge on any atom is -0.480 e. The van der Waals surface area contributed by atoms with E-state index in [4.69, 9.17) is 4.74 Å². The first-order valence-electron chi connectivity index (χ1n) is 6.04. The molecule has 0 amide bonds. The Morgan fingerprint density at radius 2 is 2.00 bits per heavy atom. The molecule has 0 saturated carbocycles. The highest BCUT2D eigenvalue weighted by Gasteiger charge is 2.41. The van der Waals surface area contributed by atoms with Gasteiger partial charge in [0.15, 0.2) is 0 Å². The first-order valence-corrected chi connectivity index (χ1v) is 6.04. The lowest BCUT2D eigenvalue weighted by Gasteiger charge is -2.33. The number of rotatable bonds is 7. The van der Waals surface area contributed by atoms with Crippen LogP contribution in [0.5, 0.6) is 0 Å². The van der Waals surface area contributed by atoms with Gasteiger partial charge in [-0.3, -0.25) is 10.1 Å². The van der Waals surface area contributed by atoms with Gasteiger partial charge >= 0.3 is 5.97 Å². The largest absolute Gasteiger partial charge is 0.480 e. The Bertz CT molecular complexity index is 378. The molecule has 0 fully saturated rings. The fourth-order valence-corrected chi connectivity index (χ4v) is 1.89. The van der Waals surface area contributed by atoms with Gasteiger partial charge in [0.1, 0.15) is 5.54 Å². The lowest BCUT2D eigenvalue weighted by atomic mass is 9.87. The van der Waals surface area contributed by atoms with E-state index in [1.165, 1.54) is 7.11 Å². The van der Waals surface area contributed by atoms with Crippen LogP contribution in [0.1, 0.15) is 19.4 Å². The molecule has 100 valence electrons. The number of carboxylic acids is 1. The summed E-state index contributed by atoms with van der Waals surface area (Å²) in [4.78, 5) is 11.5. The summed E-state index contributed by atoms with van der Waals surface area (Å²) in [5.41, 5.74) is 0.00444. The molecule has 1 aromatic rings. The third-order valence-electron chi connectivity index (χ3n) is 3.19. The smallest absolute Gasteiger partial charge is 0.326 e. The summed E-state index contributed by atoms with van der Waals surface area (Å²) in [5, 5.41) is 12.6. The first-order chi connectivity index (χ1) is 8.53. The van der Waals surface area contributed by atoms with Crippen LogP contribution in [0.3, 0.4) is 0 Å². The van der Waals surface area contributed by atoms with Gasteiger partial charge < -0.3 is 9.84 Å². The van der Waals surface area contributed by atoms with Crippen molar-refractivity contribution >= 4 is 5.97 Å². The highest BCUT2D eigenvalue weighted by Crippen LogP contribution is 2.19.